The Morgan fingerprint density at radius 1 is 1.10 bits per heavy atom. The molecule has 4 heteroatoms. The van der Waals surface area contributed by atoms with Crippen molar-refractivity contribution in [2.45, 2.75) is 84.0 Å². The summed E-state index contributed by atoms with van der Waals surface area (Å²) in [5.41, 5.74) is 1.09. The molecule has 0 amide bonds. The molecule has 31 heavy (non-hydrogen) atoms. The van der Waals surface area contributed by atoms with E-state index in [0.29, 0.717) is 36.0 Å². The third-order valence-corrected chi connectivity index (χ3v) is 6.80. The quantitative estimate of drug-likeness (QED) is 0.255. The van der Waals surface area contributed by atoms with Gasteiger partial charge in [-0.1, -0.05) is 69.0 Å². The third kappa shape index (κ3) is 8.60. The average Bonchev–Trinajstić information content (AvgIpc) is 3.12. The summed E-state index contributed by atoms with van der Waals surface area (Å²) in [5.74, 6) is 0.506. The first-order chi connectivity index (χ1) is 15.1. The third-order valence-electron chi connectivity index (χ3n) is 6.80. The molecule has 1 saturated carbocycles. The Morgan fingerprint density at radius 2 is 1.87 bits per heavy atom. The molecule has 3 atom stereocenters. The number of rotatable bonds is 15. The maximum absolute atomic E-state index is 12.4. The highest BCUT2D eigenvalue weighted by Crippen LogP contribution is 2.37. The van der Waals surface area contributed by atoms with Crippen molar-refractivity contribution in [3.05, 3.63) is 42.0 Å². The number of carbonyl (C=O) groups excluding carboxylic acids is 1. The van der Waals surface area contributed by atoms with Crippen molar-refractivity contribution in [1.82, 2.24) is 0 Å². The van der Waals surface area contributed by atoms with E-state index in [1.54, 1.807) is 0 Å². The topological polar surface area (TPSA) is 74.6 Å². The Labute approximate surface area is 187 Å². The van der Waals surface area contributed by atoms with Crippen molar-refractivity contribution in [3.8, 4) is 0 Å². The number of unbranched alkanes of at least 4 members (excludes halogenated alkanes) is 4. The summed E-state index contributed by atoms with van der Waals surface area (Å²) in [4.78, 5) is 24.0. The monoisotopic (exact) mass is 428 g/mol. The number of carboxylic acids is 1. The molecule has 0 saturated heterocycles. The number of allylic oxidation sites excluding steroid dienone is 1. The number of aliphatic carboxylic acids is 1. The van der Waals surface area contributed by atoms with Crippen molar-refractivity contribution in [2.24, 2.45) is 17.8 Å². The molecule has 172 valence electrons. The summed E-state index contributed by atoms with van der Waals surface area (Å²) in [6.07, 6.45) is 13.8. The number of ketones is 1. The molecular formula is C27H40O4. The maximum Gasteiger partial charge on any atom is 0.335 e. The van der Waals surface area contributed by atoms with Crippen LogP contribution in [0, 0.1) is 17.8 Å². The van der Waals surface area contributed by atoms with Crippen molar-refractivity contribution in [1.29, 1.82) is 0 Å². The number of hydrogen-bond donors (Lipinski definition) is 2. The summed E-state index contributed by atoms with van der Waals surface area (Å²) in [5, 5.41) is 19.2. The SMILES string of the molecule is CCCCCC(CO)CC[C@H]1CCC(=O)[C@@H]1CCCCC=C(C(=O)O)c1ccccc1. The minimum Gasteiger partial charge on any atom is -0.478 e. The van der Waals surface area contributed by atoms with E-state index in [2.05, 4.69) is 6.92 Å². The standard InChI is InChI=1S/C27H40O4/c1-2-3-6-11-21(20-28)16-17-23-18-19-26(29)24(23)14-9-5-10-15-25(27(30)31)22-12-7-4-8-13-22/h4,7-8,12-13,15,21,23-24,28H,2-3,5-6,9-11,14,16-20H2,1H3,(H,30,31)/t21?,23-,24+/m0/s1. The molecule has 0 aliphatic heterocycles. The fourth-order valence-corrected chi connectivity index (χ4v) is 4.88. The minimum atomic E-state index is -0.894. The van der Waals surface area contributed by atoms with Crippen LogP contribution in [-0.2, 0) is 9.59 Å². The lowest BCUT2D eigenvalue weighted by molar-refractivity contribution is -0.130. The van der Waals surface area contributed by atoms with Gasteiger partial charge in [0.05, 0.1) is 5.57 Å². The number of Topliss-reactive ketones (excluding diaryl/α,β-unsaturated/α-hetero) is 1. The molecule has 0 radical (unpaired) electrons. The van der Waals surface area contributed by atoms with E-state index in [1.165, 1.54) is 19.3 Å². The van der Waals surface area contributed by atoms with Gasteiger partial charge >= 0.3 is 5.97 Å². The lowest BCUT2D eigenvalue weighted by atomic mass is 9.84. The van der Waals surface area contributed by atoms with Gasteiger partial charge in [-0.25, -0.2) is 4.79 Å². The molecule has 2 N–H and O–H groups in total. The molecule has 0 bridgehead atoms. The first-order valence-corrected chi connectivity index (χ1v) is 12.2. The van der Waals surface area contributed by atoms with Gasteiger partial charge in [0, 0.05) is 18.9 Å². The number of benzene rings is 1. The van der Waals surface area contributed by atoms with Crippen molar-refractivity contribution >= 4 is 17.3 Å². The zero-order valence-electron chi connectivity index (χ0n) is 19.1. The molecule has 0 aromatic heterocycles. The van der Waals surface area contributed by atoms with Crippen molar-refractivity contribution < 1.29 is 19.8 Å². The number of aliphatic hydroxyl groups excluding tert-OH is 1. The van der Waals surface area contributed by atoms with Gasteiger partial charge in [-0.2, -0.15) is 0 Å². The van der Waals surface area contributed by atoms with Gasteiger partial charge in [0.2, 0.25) is 0 Å². The fraction of sp³-hybridized carbons (Fsp3) is 0.630. The molecule has 1 aliphatic rings. The molecule has 0 heterocycles. The van der Waals surface area contributed by atoms with E-state index in [9.17, 15) is 19.8 Å². The van der Waals surface area contributed by atoms with E-state index in [1.807, 2.05) is 36.4 Å². The molecule has 1 aliphatic carbocycles. The van der Waals surface area contributed by atoms with Gasteiger partial charge in [-0.15, -0.1) is 0 Å². The summed E-state index contributed by atoms with van der Waals surface area (Å²) in [6, 6.07) is 9.23. The zero-order valence-corrected chi connectivity index (χ0v) is 19.1. The van der Waals surface area contributed by atoms with Gasteiger partial charge in [0.25, 0.3) is 0 Å². The van der Waals surface area contributed by atoms with Crippen LogP contribution >= 0.6 is 0 Å². The molecular weight excluding hydrogens is 388 g/mol. The van der Waals surface area contributed by atoms with Gasteiger partial charge < -0.3 is 10.2 Å². The highest BCUT2D eigenvalue weighted by atomic mass is 16.4. The van der Waals surface area contributed by atoms with Crippen LogP contribution in [-0.4, -0.2) is 28.6 Å². The second-order valence-electron chi connectivity index (χ2n) is 9.07. The molecule has 0 spiro atoms. The molecule has 1 unspecified atom stereocenters. The summed E-state index contributed by atoms with van der Waals surface area (Å²) in [6.45, 7) is 2.46. The van der Waals surface area contributed by atoms with E-state index in [-0.39, 0.29) is 12.5 Å². The van der Waals surface area contributed by atoms with Crippen LogP contribution in [0.4, 0.5) is 0 Å². The van der Waals surface area contributed by atoms with Crippen LogP contribution in [0.2, 0.25) is 0 Å². The molecule has 1 aromatic carbocycles. The molecule has 4 nitrogen and oxygen atoms in total. The van der Waals surface area contributed by atoms with Crippen LogP contribution in [0.5, 0.6) is 0 Å². The van der Waals surface area contributed by atoms with E-state index in [0.717, 1.165) is 50.5 Å². The van der Waals surface area contributed by atoms with Crippen LogP contribution in [0.25, 0.3) is 5.57 Å². The highest BCUT2D eigenvalue weighted by molar-refractivity contribution is 6.15. The number of carbonyl (C=O) groups is 2. The predicted molar refractivity (Wildman–Crippen MR) is 126 cm³/mol. The van der Waals surface area contributed by atoms with Crippen LogP contribution < -0.4 is 0 Å². The first-order valence-electron chi connectivity index (χ1n) is 12.2. The maximum atomic E-state index is 12.4. The van der Waals surface area contributed by atoms with E-state index >= 15 is 0 Å². The number of aliphatic hydroxyl groups is 1. The Hall–Kier alpha value is -1.94. The Kier molecular flexibility index (Phi) is 11.6. The summed E-state index contributed by atoms with van der Waals surface area (Å²) >= 11 is 0. The number of carboxylic acid groups (broad SMARTS) is 1. The largest absolute Gasteiger partial charge is 0.478 e. The molecule has 1 aromatic rings. The lowest BCUT2D eigenvalue weighted by Gasteiger charge is -2.21. The average molecular weight is 429 g/mol. The second-order valence-corrected chi connectivity index (χ2v) is 9.07. The van der Waals surface area contributed by atoms with Gasteiger partial charge in [-0.05, 0) is 62.3 Å². The fourth-order valence-electron chi connectivity index (χ4n) is 4.88. The minimum absolute atomic E-state index is 0.159. The zero-order chi connectivity index (χ0) is 22.5. The Balaban J connectivity index is 1.77. The van der Waals surface area contributed by atoms with Gasteiger partial charge in [-0.3, -0.25) is 4.79 Å². The molecule has 1 fully saturated rings. The Morgan fingerprint density at radius 3 is 2.55 bits per heavy atom. The van der Waals surface area contributed by atoms with Crippen LogP contribution in [0.1, 0.15) is 89.5 Å². The van der Waals surface area contributed by atoms with Crippen molar-refractivity contribution in [2.75, 3.05) is 6.61 Å². The normalized spacial score (nSPS) is 20.2. The smallest absolute Gasteiger partial charge is 0.335 e. The lowest BCUT2D eigenvalue weighted by Crippen LogP contribution is -2.17. The summed E-state index contributed by atoms with van der Waals surface area (Å²) < 4.78 is 0. The van der Waals surface area contributed by atoms with Gasteiger partial charge in [0.1, 0.15) is 5.78 Å². The van der Waals surface area contributed by atoms with Gasteiger partial charge in [0.15, 0.2) is 0 Å². The van der Waals surface area contributed by atoms with Crippen molar-refractivity contribution in [3.63, 3.8) is 0 Å². The van der Waals surface area contributed by atoms with E-state index in [4.69, 9.17) is 0 Å². The number of hydrogen-bond acceptors (Lipinski definition) is 3. The predicted octanol–water partition coefficient (Wildman–Crippen LogP) is 6.28. The highest BCUT2D eigenvalue weighted by Gasteiger charge is 2.33. The van der Waals surface area contributed by atoms with Crippen LogP contribution in [0.3, 0.4) is 0 Å². The first kappa shape index (κ1) is 25.3. The van der Waals surface area contributed by atoms with E-state index < -0.39 is 5.97 Å². The van der Waals surface area contributed by atoms with Crippen LogP contribution in [0.15, 0.2) is 36.4 Å². The Bertz CT molecular complexity index is 694. The second kappa shape index (κ2) is 14.2. The summed E-state index contributed by atoms with van der Waals surface area (Å²) in [7, 11) is 0. The molecule has 2 rings (SSSR count).